The van der Waals surface area contributed by atoms with Crippen LogP contribution in [0.15, 0.2) is 91.0 Å². The normalized spacial score (nSPS) is 16.7. The highest BCUT2D eigenvalue weighted by Crippen LogP contribution is 2.37. The molecule has 0 spiro atoms. The van der Waals surface area contributed by atoms with Gasteiger partial charge in [0, 0.05) is 11.1 Å². The molecule has 164 valence electrons. The molecule has 33 heavy (non-hydrogen) atoms. The molecular formula is C28H27BN2O2. The second-order valence-corrected chi connectivity index (χ2v) is 9.37. The van der Waals surface area contributed by atoms with E-state index in [2.05, 4.69) is 70.2 Å². The number of benzene rings is 3. The maximum Gasteiger partial charge on any atom is 0.514 e. The predicted octanol–water partition coefficient (Wildman–Crippen LogP) is 5.78. The van der Waals surface area contributed by atoms with Gasteiger partial charge in [-0.3, -0.25) is 0 Å². The molecule has 1 saturated heterocycles. The summed E-state index contributed by atoms with van der Waals surface area (Å²) in [5.41, 5.74) is 4.93. The Bertz CT molecular complexity index is 1260. The summed E-state index contributed by atoms with van der Waals surface area (Å²) < 4.78 is 12.7. The first-order chi connectivity index (χ1) is 15.8. The zero-order valence-electron chi connectivity index (χ0n) is 19.4. The molecule has 5 rings (SSSR count). The second kappa shape index (κ2) is 8.25. The van der Waals surface area contributed by atoms with Crippen molar-refractivity contribution < 1.29 is 9.31 Å². The van der Waals surface area contributed by atoms with Crippen molar-refractivity contribution in [3.8, 4) is 33.8 Å². The van der Waals surface area contributed by atoms with E-state index < -0.39 is 18.3 Å². The molecule has 2 heterocycles. The van der Waals surface area contributed by atoms with Gasteiger partial charge in [0.05, 0.1) is 22.5 Å². The minimum atomic E-state index is -0.567. The lowest BCUT2D eigenvalue weighted by molar-refractivity contribution is 0.00578. The van der Waals surface area contributed by atoms with Gasteiger partial charge >= 0.3 is 7.12 Å². The molecule has 5 heteroatoms. The Hall–Kier alpha value is -3.28. The van der Waals surface area contributed by atoms with Gasteiger partial charge in [0.25, 0.3) is 0 Å². The second-order valence-electron chi connectivity index (χ2n) is 9.37. The molecule has 0 amide bonds. The van der Waals surface area contributed by atoms with Gasteiger partial charge in [-0.1, -0.05) is 84.9 Å². The number of rotatable bonds is 4. The van der Waals surface area contributed by atoms with Gasteiger partial charge in [-0.2, -0.15) is 0 Å². The van der Waals surface area contributed by atoms with Crippen molar-refractivity contribution in [1.82, 2.24) is 9.97 Å². The predicted molar refractivity (Wildman–Crippen MR) is 134 cm³/mol. The molecule has 0 unspecified atom stereocenters. The van der Waals surface area contributed by atoms with Gasteiger partial charge in [-0.15, -0.1) is 0 Å². The number of aromatic nitrogens is 2. The average molecular weight is 434 g/mol. The first kappa shape index (κ1) is 21.6. The van der Waals surface area contributed by atoms with Crippen molar-refractivity contribution in [2.75, 3.05) is 0 Å². The van der Waals surface area contributed by atoms with E-state index >= 15 is 0 Å². The Morgan fingerprint density at radius 2 is 1.12 bits per heavy atom. The minimum absolute atomic E-state index is 0.447. The maximum atomic E-state index is 6.33. The van der Waals surface area contributed by atoms with E-state index in [9.17, 15) is 0 Å². The van der Waals surface area contributed by atoms with E-state index in [1.165, 1.54) is 0 Å². The Morgan fingerprint density at radius 1 is 0.606 bits per heavy atom. The monoisotopic (exact) mass is 434 g/mol. The first-order valence-corrected chi connectivity index (χ1v) is 11.3. The summed E-state index contributed by atoms with van der Waals surface area (Å²) in [6, 6.07) is 30.7. The van der Waals surface area contributed by atoms with Crippen LogP contribution < -0.4 is 5.59 Å². The van der Waals surface area contributed by atoms with E-state index in [0.717, 1.165) is 33.5 Å². The highest BCUT2D eigenvalue weighted by Gasteiger charge is 2.52. The number of hydrogen-bond acceptors (Lipinski definition) is 4. The molecule has 1 fully saturated rings. The number of hydrogen-bond donors (Lipinski definition) is 0. The standard InChI is InChI=1S/C28H27BN2O2/c1-27(2)28(3,4)33-29(32-27)25-19-24(30-26(31-25)21-15-9-6-10-16-21)23-18-12-11-17-22(23)20-13-7-5-8-14-20/h5-19H,1-4H3. The van der Waals surface area contributed by atoms with Crippen molar-refractivity contribution in [3.63, 3.8) is 0 Å². The highest BCUT2D eigenvalue weighted by molar-refractivity contribution is 6.61. The Kier molecular flexibility index (Phi) is 5.39. The highest BCUT2D eigenvalue weighted by atomic mass is 16.7. The van der Waals surface area contributed by atoms with Crippen LogP contribution >= 0.6 is 0 Å². The quantitative estimate of drug-likeness (QED) is 0.382. The molecular weight excluding hydrogens is 407 g/mol. The molecule has 1 aromatic heterocycles. The van der Waals surface area contributed by atoms with Crippen LogP contribution in [0.25, 0.3) is 33.8 Å². The maximum absolute atomic E-state index is 6.33. The summed E-state index contributed by atoms with van der Waals surface area (Å²) in [6.45, 7) is 8.21. The van der Waals surface area contributed by atoms with E-state index in [-0.39, 0.29) is 0 Å². The summed E-state index contributed by atoms with van der Waals surface area (Å²) in [5.74, 6) is 0.653. The lowest BCUT2D eigenvalue weighted by Gasteiger charge is -2.32. The average Bonchev–Trinajstić information content (AvgIpc) is 3.06. The molecule has 0 aliphatic carbocycles. The van der Waals surface area contributed by atoms with Gasteiger partial charge in [0.1, 0.15) is 0 Å². The van der Waals surface area contributed by atoms with Gasteiger partial charge in [0.2, 0.25) is 0 Å². The summed E-state index contributed by atoms with van der Waals surface area (Å²) in [7, 11) is -0.567. The van der Waals surface area contributed by atoms with Crippen molar-refractivity contribution in [1.29, 1.82) is 0 Å². The third-order valence-corrected chi connectivity index (χ3v) is 6.56. The molecule has 1 aliphatic heterocycles. The molecule has 4 nitrogen and oxygen atoms in total. The topological polar surface area (TPSA) is 44.2 Å². The van der Waals surface area contributed by atoms with Gasteiger partial charge in [0.15, 0.2) is 5.82 Å². The van der Waals surface area contributed by atoms with Crippen LogP contribution in [0, 0.1) is 0 Å². The Labute approximate surface area is 195 Å². The van der Waals surface area contributed by atoms with Crippen LogP contribution in [0.4, 0.5) is 0 Å². The molecule has 0 atom stereocenters. The van der Waals surface area contributed by atoms with Crippen molar-refractivity contribution >= 4 is 12.7 Å². The van der Waals surface area contributed by atoms with Crippen LogP contribution in [0.5, 0.6) is 0 Å². The van der Waals surface area contributed by atoms with E-state index in [0.29, 0.717) is 5.82 Å². The van der Waals surface area contributed by atoms with E-state index in [4.69, 9.17) is 19.3 Å². The van der Waals surface area contributed by atoms with Crippen LogP contribution in [-0.4, -0.2) is 28.3 Å². The summed E-state index contributed by atoms with van der Waals surface area (Å²) in [5, 5.41) is 0. The molecule has 0 saturated carbocycles. The summed E-state index contributed by atoms with van der Waals surface area (Å²) in [4.78, 5) is 9.87. The van der Waals surface area contributed by atoms with Gasteiger partial charge in [-0.05, 0) is 44.9 Å². The lowest BCUT2D eigenvalue weighted by atomic mass is 9.83. The fourth-order valence-electron chi connectivity index (χ4n) is 3.98. The SMILES string of the molecule is CC1(C)OB(c2cc(-c3ccccc3-c3ccccc3)nc(-c3ccccc3)n2)OC1(C)C. The van der Waals surface area contributed by atoms with E-state index in [1.807, 2.05) is 48.5 Å². The fourth-order valence-corrected chi connectivity index (χ4v) is 3.98. The van der Waals surface area contributed by atoms with Gasteiger partial charge in [-0.25, -0.2) is 9.97 Å². The summed E-state index contributed by atoms with van der Waals surface area (Å²) in [6.07, 6.45) is 0. The van der Waals surface area contributed by atoms with Crippen LogP contribution in [0.1, 0.15) is 27.7 Å². The first-order valence-electron chi connectivity index (χ1n) is 11.3. The summed E-state index contributed by atoms with van der Waals surface area (Å²) >= 11 is 0. The molecule has 4 aromatic rings. The lowest BCUT2D eigenvalue weighted by Crippen LogP contribution is -2.41. The Morgan fingerprint density at radius 3 is 1.73 bits per heavy atom. The third kappa shape index (κ3) is 4.10. The molecule has 0 radical (unpaired) electrons. The van der Waals surface area contributed by atoms with Crippen LogP contribution in [0.2, 0.25) is 0 Å². The molecule has 1 aliphatic rings. The van der Waals surface area contributed by atoms with Crippen molar-refractivity contribution in [2.45, 2.75) is 38.9 Å². The molecule has 0 N–H and O–H groups in total. The zero-order chi connectivity index (χ0) is 23.1. The molecule has 0 bridgehead atoms. The van der Waals surface area contributed by atoms with Gasteiger partial charge < -0.3 is 9.31 Å². The number of nitrogens with zero attached hydrogens (tertiary/aromatic N) is 2. The van der Waals surface area contributed by atoms with E-state index in [1.54, 1.807) is 0 Å². The zero-order valence-corrected chi connectivity index (χ0v) is 19.4. The van der Waals surface area contributed by atoms with Crippen molar-refractivity contribution in [3.05, 3.63) is 91.0 Å². The third-order valence-electron chi connectivity index (χ3n) is 6.56. The smallest absolute Gasteiger partial charge is 0.398 e. The largest absolute Gasteiger partial charge is 0.514 e. The Balaban J connectivity index is 1.68. The molecule has 3 aromatic carbocycles. The minimum Gasteiger partial charge on any atom is -0.398 e. The van der Waals surface area contributed by atoms with Crippen LogP contribution in [-0.2, 0) is 9.31 Å². The fraction of sp³-hybridized carbons (Fsp3) is 0.214. The van der Waals surface area contributed by atoms with Crippen LogP contribution in [0.3, 0.4) is 0 Å². The van der Waals surface area contributed by atoms with Crippen molar-refractivity contribution in [2.24, 2.45) is 0 Å².